The summed E-state index contributed by atoms with van der Waals surface area (Å²) in [5.41, 5.74) is 4.57. The summed E-state index contributed by atoms with van der Waals surface area (Å²) in [5, 5.41) is 16.9. The van der Waals surface area contributed by atoms with E-state index in [0.29, 0.717) is 17.5 Å². The molecule has 0 atom stereocenters. The summed E-state index contributed by atoms with van der Waals surface area (Å²) in [4.78, 5) is 21.8. The molecule has 3 N–H and O–H groups in total. The van der Waals surface area contributed by atoms with Crippen molar-refractivity contribution in [3.05, 3.63) is 5.82 Å². The van der Waals surface area contributed by atoms with E-state index in [1.54, 1.807) is 25.3 Å². The van der Waals surface area contributed by atoms with Crippen LogP contribution >= 0.6 is 11.8 Å². The number of aromatic nitrogens is 3. The number of primary amides is 1. The van der Waals surface area contributed by atoms with Crippen LogP contribution in [0.15, 0.2) is 5.16 Å². The molecule has 0 saturated heterocycles. The van der Waals surface area contributed by atoms with Crippen LogP contribution in [0.3, 0.4) is 0 Å². The van der Waals surface area contributed by atoms with E-state index in [2.05, 4.69) is 10.2 Å². The largest absolute Gasteiger partial charge is 0.481 e. The van der Waals surface area contributed by atoms with Crippen molar-refractivity contribution in [3.63, 3.8) is 0 Å². The summed E-state index contributed by atoms with van der Waals surface area (Å²) in [6, 6.07) is 0. The van der Waals surface area contributed by atoms with Crippen molar-refractivity contribution in [2.75, 3.05) is 5.75 Å². The molecule has 1 aromatic rings. The fourth-order valence-corrected chi connectivity index (χ4v) is 1.95. The predicted molar refractivity (Wildman–Crippen MR) is 66.1 cm³/mol. The predicted octanol–water partition coefficient (Wildman–Crippen LogP) is 0.275. The van der Waals surface area contributed by atoms with Gasteiger partial charge in [0.2, 0.25) is 5.91 Å². The first-order valence-corrected chi connectivity index (χ1v) is 6.27. The molecule has 0 saturated carbocycles. The third kappa shape index (κ3) is 3.46. The van der Waals surface area contributed by atoms with Gasteiger partial charge in [0.05, 0.1) is 11.2 Å². The molecule has 1 amide bonds. The Morgan fingerprint density at radius 1 is 1.44 bits per heavy atom. The maximum atomic E-state index is 11.3. The summed E-state index contributed by atoms with van der Waals surface area (Å²) >= 11 is 1.07. The Morgan fingerprint density at radius 3 is 2.56 bits per heavy atom. The van der Waals surface area contributed by atoms with Gasteiger partial charge in [-0.1, -0.05) is 11.8 Å². The molecular weight excluding hydrogens is 256 g/mol. The number of carbonyl (C=O) groups excluding carboxylic acids is 1. The molecule has 8 heteroatoms. The van der Waals surface area contributed by atoms with Gasteiger partial charge in [0.15, 0.2) is 5.16 Å². The Hall–Kier alpha value is -1.57. The number of rotatable bonds is 6. The first-order valence-electron chi connectivity index (χ1n) is 5.28. The van der Waals surface area contributed by atoms with E-state index in [4.69, 9.17) is 10.8 Å². The zero-order chi connectivity index (χ0) is 13.9. The van der Waals surface area contributed by atoms with E-state index < -0.39 is 17.3 Å². The number of hydrogen-bond donors (Lipinski definition) is 2. The van der Waals surface area contributed by atoms with E-state index in [-0.39, 0.29) is 5.75 Å². The van der Waals surface area contributed by atoms with E-state index in [1.165, 1.54) is 0 Å². The lowest BCUT2D eigenvalue weighted by atomic mass is 9.93. The van der Waals surface area contributed by atoms with Crippen LogP contribution in [-0.4, -0.2) is 37.5 Å². The van der Waals surface area contributed by atoms with E-state index in [9.17, 15) is 9.59 Å². The molecular formula is C10H16N4O3S. The number of aliphatic carboxylic acids is 1. The molecule has 1 rings (SSSR count). The van der Waals surface area contributed by atoms with E-state index in [0.717, 1.165) is 11.8 Å². The molecule has 0 aliphatic carbocycles. The van der Waals surface area contributed by atoms with E-state index in [1.807, 2.05) is 0 Å². The van der Waals surface area contributed by atoms with Crippen LogP contribution in [-0.2, 0) is 16.1 Å². The van der Waals surface area contributed by atoms with Crippen molar-refractivity contribution < 1.29 is 14.7 Å². The van der Waals surface area contributed by atoms with Crippen LogP contribution in [0.1, 0.15) is 19.7 Å². The number of carboxylic acid groups (broad SMARTS) is 1. The van der Waals surface area contributed by atoms with E-state index >= 15 is 0 Å². The van der Waals surface area contributed by atoms with Gasteiger partial charge in [-0.05, 0) is 20.8 Å². The Balaban J connectivity index is 2.91. The van der Waals surface area contributed by atoms with Crippen LogP contribution < -0.4 is 5.73 Å². The molecule has 0 fully saturated rings. The summed E-state index contributed by atoms with van der Waals surface area (Å²) in [5.74, 6) is -0.835. The van der Waals surface area contributed by atoms with Crippen molar-refractivity contribution >= 4 is 23.6 Å². The highest BCUT2D eigenvalue weighted by Gasteiger charge is 2.27. The molecule has 0 spiro atoms. The summed E-state index contributed by atoms with van der Waals surface area (Å²) in [7, 11) is 0. The van der Waals surface area contributed by atoms with Gasteiger partial charge in [-0.25, -0.2) is 0 Å². The number of aryl methyl sites for hydroxylation is 1. The Morgan fingerprint density at radius 2 is 2.06 bits per heavy atom. The third-order valence-electron chi connectivity index (χ3n) is 2.45. The molecule has 18 heavy (non-hydrogen) atoms. The second-order valence-electron chi connectivity index (χ2n) is 4.55. The van der Waals surface area contributed by atoms with Gasteiger partial charge in [0.25, 0.3) is 0 Å². The van der Waals surface area contributed by atoms with Crippen LogP contribution in [0, 0.1) is 12.3 Å². The highest BCUT2D eigenvalue weighted by atomic mass is 32.2. The molecule has 0 unspecified atom stereocenters. The maximum absolute atomic E-state index is 11.3. The minimum Gasteiger partial charge on any atom is -0.481 e. The average Bonchev–Trinajstić information content (AvgIpc) is 2.57. The number of hydrogen-bond acceptors (Lipinski definition) is 5. The van der Waals surface area contributed by atoms with Crippen LogP contribution in [0.2, 0.25) is 0 Å². The maximum Gasteiger partial charge on any atom is 0.313 e. The topological polar surface area (TPSA) is 111 Å². The standard InChI is InChI=1S/C10H16N4O3S/c1-6-12-13-9(18-4-7(15)16)14(6)5-10(2,3)8(11)17/h4-5H2,1-3H3,(H2,11,17)(H,15,16). The number of nitrogens with zero attached hydrogens (tertiary/aromatic N) is 3. The molecule has 0 aromatic carbocycles. The van der Waals surface area contributed by atoms with Gasteiger partial charge in [0.1, 0.15) is 5.82 Å². The SMILES string of the molecule is Cc1nnc(SCC(=O)O)n1CC(C)(C)C(N)=O. The highest BCUT2D eigenvalue weighted by Crippen LogP contribution is 2.23. The molecule has 1 aromatic heterocycles. The number of thioether (sulfide) groups is 1. The zero-order valence-corrected chi connectivity index (χ0v) is 11.3. The molecule has 0 aliphatic rings. The van der Waals surface area contributed by atoms with Gasteiger partial charge in [-0.15, -0.1) is 10.2 Å². The Labute approximate surface area is 109 Å². The zero-order valence-electron chi connectivity index (χ0n) is 10.5. The highest BCUT2D eigenvalue weighted by molar-refractivity contribution is 7.99. The molecule has 0 bridgehead atoms. The van der Waals surface area contributed by atoms with Crippen LogP contribution in [0.5, 0.6) is 0 Å². The van der Waals surface area contributed by atoms with Gasteiger partial charge in [-0.3, -0.25) is 9.59 Å². The fraction of sp³-hybridized carbons (Fsp3) is 0.600. The fourth-order valence-electron chi connectivity index (χ4n) is 1.25. The van der Waals surface area contributed by atoms with Crippen molar-refractivity contribution in [1.82, 2.24) is 14.8 Å². The quantitative estimate of drug-likeness (QED) is 0.719. The second kappa shape index (κ2) is 5.38. The summed E-state index contributed by atoms with van der Waals surface area (Å²) in [6.45, 7) is 5.51. The first-order chi connectivity index (χ1) is 8.24. The van der Waals surface area contributed by atoms with Gasteiger partial charge < -0.3 is 15.4 Å². The molecule has 1 heterocycles. The number of carboxylic acids is 1. The number of amides is 1. The monoisotopic (exact) mass is 272 g/mol. The Bertz CT molecular complexity index is 470. The van der Waals surface area contributed by atoms with Crippen molar-refractivity contribution in [2.24, 2.45) is 11.1 Å². The summed E-state index contributed by atoms with van der Waals surface area (Å²) < 4.78 is 1.71. The molecule has 100 valence electrons. The molecule has 0 aliphatic heterocycles. The minimum absolute atomic E-state index is 0.102. The van der Waals surface area contributed by atoms with Gasteiger partial charge in [-0.2, -0.15) is 0 Å². The van der Waals surface area contributed by atoms with Crippen molar-refractivity contribution in [3.8, 4) is 0 Å². The number of carbonyl (C=O) groups is 2. The third-order valence-corrected chi connectivity index (χ3v) is 3.40. The van der Waals surface area contributed by atoms with Crippen LogP contribution in [0.4, 0.5) is 0 Å². The lowest BCUT2D eigenvalue weighted by Crippen LogP contribution is -2.35. The van der Waals surface area contributed by atoms with Gasteiger partial charge in [0, 0.05) is 6.54 Å². The second-order valence-corrected chi connectivity index (χ2v) is 5.49. The minimum atomic E-state index is -0.929. The average molecular weight is 272 g/mol. The summed E-state index contributed by atoms with van der Waals surface area (Å²) in [6.07, 6.45) is 0. The smallest absolute Gasteiger partial charge is 0.313 e. The lowest BCUT2D eigenvalue weighted by Gasteiger charge is -2.22. The molecule has 7 nitrogen and oxygen atoms in total. The van der Waals surface area contributed by atoms with Crippen molar-refractivity contribution in [2.45, 2.75) is 32.5 Å². The molecule has 0 radical (unpaired) electrons. The van der Waals surface area contributed by atoms with Crippen molar-refractivity contribution in [1.29, 1.82) is 0 Å². The first kappa shape index (κ1) is 14.5. The number of nitrogens with two attached hydrogens (primary N) is 1. The lowest BCUT2D eigenvalue weighted by molar-refractivity contribution is -0.134. The van der Waals surface area contributed by atoms with Crippen LogP contribution in [0.25, 0.3) is 0 Å². The Kier molecular flexibility index (Phi) is 4.33. The normalized spacial score (nSPS) is 11.5. The van der Waals surface area contributed by atoms with Gasteiger partial charge >= 0.3 is 5.97 Å².